The number of quaternary nitrogens is 1. The van der Waals surface area contributed by atoms with Crippen molar-refractivity contribution in [1.82, 2.24) is 15.3 Å². The maximum Gasteiger partial charge on any atom is 0.231 e. The van der Waals surface area contributed by atoms with Gasteiger partial charge < -0.3 is 19.1 Å². The van der Waals surface area contributed by atoms with Crippen molar-refractivity contribution >= 4 is 0 Å². The van der Waals surface area contributed by atoms with Crippen LogP contribution in [0.4, 0.5) is 0 Å². The number of benzene rings is 1. The molecule has 3 N–H and O–H groups in total. The first-order valence-corrected chi connectivity index (χ1v) is 9.09. The van der Waals surface area contributed by atoms with Gasteiger partial charge >= 0.3 is 0 Å². The van der Waals surface area contributed by atoms with Crippen molar-refractivity contribution in [3.63, 3.8) is 0 Å². The molecule has 0 fully saturated rings. The van der Waals surface area contributed by atoms with Crippen LogP contribution in [-0.2, 0) is 13.0 Å². The van der Waals surface area contributed by atoms with Gasteiger partial charge in [-0.25, -0.2) is 0 Å². The molecule has 1 unspecified atom stereocenters. The topological polar surface area (TPSA) is 82.2 Å². The van der Waals surface area contributed by atoms with Gasteiger partial charge in [-0.15, -0.1) is 0 Å². The summed E-state index contributed by atoms with van der Waals surface area (Å²) in [7, 11) is 3.83. The molecule has 0 radical (unpaired) electrons. The van der Waals surface area contributed by atoms with E-state index in [0.717, 1.165) is 35.7 Å². The van der Waals surface area contributed by atoms with E-state index < -0.39 is 0 Å². The highest BCUT2D eigenvalue weighted by Gasteiger charge is 2.36. The average Bonchev–Trinajstić information content (AvgIpc) is 3.36. The van der Waals surface area contributed by atoms with Crippen LogP contribution in [0.15, 0.2) is 36.3 Å². The standard InChI is InChI=1S/C19H24N4O4/c1-22-8-4-13-10-16-18(27-12-26-16)19(25-2)17(13)15(22)11-14(21-24)5-9-23-7-3-6-20-23/h3,5-7,10,15,21,24H,4,8-9,11-12H2,1-2H3/p+1/b14-5-/t15-/m1/s1. The Morgan fingerprint density at radius 1 is 1.52 bits per heavy atom. The van der Waals surface area contributed by atoms with Gasteiger partial charge in [0.2, 0.25) is 12.5 Å². The third-order valence-electron chi connectivity index (χ3n) is 5.33. The molecule has 0 amide bonds. The second-order valence-corrected chi connectivity index (χ2v) is 6.89. The summed E-state index contributed by atoms with van der Waals surface area (Å²) >= 11 is 0. The normalized spacial score (nSPS) is 21.1. The Hall–Kier alpha value is -2.71. The molecule has 0 saturated carbocycles. The van der Waals surface area contributed by atoms with E-state index in [0.29, 0.717) is 18.7 Å². The fourth-order valence-electron chi connectivity index (χ4n) is 3.90. The number of likely N-dealkylation sites (N-methyl/N-ethyl adjacent to an activating group) is 1. The van der Waals surface area contributed by atoms with Gasteiger partial charge in [-0.05, 0) is 23.8 Å². The maximum absolute atomic E-state index is 9.67. The fourth-order valence-corrected chi connectivity index (χ4v) is 3.90. The summed E-state index contributed by atoms with van der Waals surface area (Å²) in [6, 6.07) is 4.07. The Labute approximate surface area is 157 Å². The van der Waals surface area contributed by atoms with Gasteiger partial charge in [0.25, 0.3) is 0 Å². The minimum Gasteiger partial charge on any atom is -0.492 e. The maximum atomic E-state index is 9.67. The van der Waals surface area contributed by atoms with Crippen molar-refractivity contribution in [3.8, 4) is 17.2 Å². The lowest BCUT2D eigenvalue weighted by Crippen LogP contribution is -3.10. The van der Waals surface area contributed by atoms with E-state index in [4.69, 9.17) is 14.2 Å². The number of rotatable bonds is 6. The van der Waals surface area contributed by atoms with Gasteiger partial charge in [-0.2, -0.15) is 5.10 Å². The molecule has 8 nitrogen and oxygen atoms in total. The molecule has 1 aromatic carbocycles. The molecule has 27 heavy (non-hydrogen) atoms. The molecule has 0 bridgehead atoms. The Morgan fingerprint density at radius 3 is 3.15 bits per heavy atom. The number of fused-ring (bicyclic) bond motifs is 2. The Kier molecular flexibility index (Phi) is 4.91. The minimum absolute atomic E-state index is 0.127. The molecule has 8 heteroatoms. The number of hydroxylamine groups is 1. The van der Waals surface area contributed by atoms with E-state index >= 15 is 0 Å². The van der Waals surface area contributed by atoms with Crippen molar-refractivity contribution in [2.24, 2.45) is 0 Å². The molecule has 4 rings (SSSR count). The van der Waals surface area contributed by atoms with Gasteiger partial charge in [-0.1, -0.05) is 0 Å². The first kappa shape index (κ1) is 17.7. The van der Waals surface area contributed by atoms with Crippen molar-refractivity contribution in [2.45, 2.75) is 25.4 Å². The molecule has 2 aromatic rings. The van der Waals surface area contributed by atoms with Crippen LogP contribution in [0.1, 0.15) is 23.6 Å². The largest absolute Gasteiger partial charge is 0.492 e. The van der Waals surface area contributed by atoms with Crippen LogP contribution in [-0.4, -0.2) is 42.5 Å². The highest BCUT2D eigenvalue weighted by Crippen LogP contribution is 2.48. The van der Waals surface area contributed by atoms with E-state index in [1.165, 1.54) is 10.5 Å². The van der Waals surface area contributed by atoms with Crippen molar-refractivity contribution in [3.05, 3.63) is 47.4 Å². The number of aromatic nitrogens is 2. The van der Waals surface area contributed by atoms with Crippen LogP contribution in [0.25, 0.3) is 0 Å². The third kappa shape index (κ3) is 3.33. The molecule has 0 aliphatic carbocycles. The Morgan fingerprint density at radius 2 is 2.41 bits per heavy atom. The van der Waals surface area contributed by atoms with Gasteiger partial charge in [0.05, 0.1) is 32.8 Å². The van der Waals surface area contributed by atoms with E-state index in [2.05, 4.69) is 23.7 Å². The van der Waals surface area contributed by atoms with Crippen molar-refractivity contribution in [1.29, 1.82) is 0 Å². The molecule has 1 aromatic heterocycles. The predicted octanol–water partition coefficient (Wildman–Crippen LogP) is 0.685. The number of methoxy groups -OCH3 is 1. The van der Waals surface area contributed by atoms with Crippen LogP contribution in [0.3, 0.4) is 0 Å². The summed E-state index contributed by atoms with van der Waals surface area (Å²) in [5.41, 5.74) is 5.46. The van der Waals surface area contributed by atoms with Gasteiger partial charge in [-0.3, -0.25) is 15.4 Å². The smallest absolute Gasteiger partial charge is 0.231 e. The zero-order valence-corrected chi connectivity index (χ0v) is 15.6. The van der Waals surface area contributed by atoms with Crippen LogP contribution in [0, 0.1) is 0 Å². The van der Waals surface area contributed by atoms with Crippen LogP contribution >= 0.6 is 0 Å². The van der Waals surface area contributed by atoms with Gasteiger partial charge in [0.1, 0.15) is 6.04 Å². The first-order chi connectivity index (χ1) is 13.2. The minimum atomic E-state index is 0.127. The first-order valence-electron chi connectivity index (χ1n) is 9.09. The number of nitrogens with one attached hydrogen (secondary N) is 2. The zero-order chi connectivity index (χ0) is 18.8. The van der Waals surface area contributed by atoms with E-state index in [1.54, 1.807) is 18.0 Å². The summed E-state index contributed by atoms with van der Waals surface area (Å²) in [6.07, 6.45) is 7.18. The third-order valence-corrected chi connectivity index (χ3v) is 5.33. The van der Waals surface area contributed by atoms with Gasteiger partial charge in [0, 0.05) is 30.9 Å². The van der Waals surface area contributed by atoms with E-state index in [9.17, 15) is 5.21 Å². The van der Waals surface area contributed by atoms with Crippen LogP contribution in [0.5, 0.6) is 17.2 Å². The average molecular weight is 373 g/mol. The Balaban J connectivity index is 1.66. The predicted molar refractivity (Wildman–Crippen MR) is 97.2 cm³/mol. The molecule has 3 heterocycles. The molecule has 2 aliphatic rings. The highest BCUT2D eigenvalue weighted by molar-refractivity contribution is 5.61. The van der Waals surface area contributed by atoms with Crippen molar-refractivity contribution < 1.29 is 24.3 Å². The van der Waals surface area contributed by atoms with Crippen LogP contribution in [0.2, 0.25) is 0 Å². The van der Waals surface area contributed by atoms with Gasteiger partial charge in [0.15, 0.2) is 11.5 Å². The summed E-state index contributed by atoms with van der Waals surface area (Å²) in [5, 5.41) is 13.9. The summed E-state index contributed by atoms with van der Waals surface area (Å²) < 4.78 is 18.8. The molecule has 2 atom stereocenters. The number of hydrogen-bond acceptors (Lipinski definition) is 6. The summed E-state index contributed by atoms with van der Waals surface area (Å²) in [4.78, 5) is 1.36. The van der Waals surface area contributed by atoms with E-state index in [1.807, 2.05) is 18.3 Å². The molecule has 144 valence electrons. The zero-order valence-electron chi connectivity index (χ0n) is 15.6. The molecular formula is C19H25N4O4+. The second-order valence-electron chi connectivity index (χ2n) is 6.89. The lowest BCUT2D eigenvalue weighted by atomic mass is 9.88. The highest BCUT2D eigenvalue weighted by atomic mass is 16.7. The van der Waals surface area contributed by atoms with Crippen molar-refractivity contribution in [2.75, 3.05) is 27.5 Å². The molecule has 0 saturated heterocycles. The number of allylic oxidation sites excluding steroid dienone is 1. The SMILES string of the molecule is COc1c2c(cc3c1[C@@H](C/C(=C/Cn1cccn1)NO)[NH+](C)CC3)OCO2. The summed E-state index contributed by atoms with van der Waals surface area (Å²) in [6.45, 7) is 1.81. The quantitative estimate of drug-likeness (QED) is 0.647. The molecule has 0 spiro atoms. The summed E-state index contributed by atoms with van der Waals surface area (Å²) in [5.74, 6) is 2.17. The molecular weight excluding hydrogens is 348 g/mol. The second kappa shape index (κ2) is 7.50. The van der Waals surface area contributed by atoms with E-state index in [-0.39, 0.29) is 12.8 Å². The molecule has 2 aliphatic heterocycles. The lowest BCUT2D eigenvalue weighted by Gasteiger charge is -2.33. The van der Waals surface area contributed by atoms with Crippen LogP contribution < -0.4 is 24.6 Å². The fraction of sp³-hybridized carbons (Fsp3) is 0.421. The number of nitrogens with zero attached hydrogens (tertiary/aromatic N) is 2. The Bertz CT molecular complexity index is 835. The number of ether oxygens (including phenoxy) is 3. The number of hydrogen-bond donors (Lipinski definition) is 3. The monoisotopic (exact) mass is 373 g/mol. The lowest BCUT2D eigenvalue weighted by molar-refractivity contribution is -0.914.